The lowest BCUT2D eigenvalue weighted by molar-refractivity contribution is -0.127. The van der Waals surface area contributed by atoms with E-state index in [1.54, 1.807) is 17.0 Å². The number of nitrogens with one attached hydrogen (secondary N) is 1. The highest BCUT2D eigenvalue weighted by Gasteiger charge is 2.44. The molecule has 0 radical (unpaired) electrons. The van der Waals surface area contributed by atoms with Crippen LogP contribution in [-0.2, 0) is 9.53 Å². The van der Waals surface area contributed by atoms with Crippen LogP contribution in [0.2, 0.25) is 5.02 Å². The Morgan fingerprint density at radius 1 is 1.18 bits per heavy atom. The van der Waals surface area contributed by atoms with E-state index in [0.29, 0.717) is 23.8 Å². The van der Waals surface area contributed by atoms with Crippen LogP contribution in [0.5, 0.6) is 0 Å². The summed E-state index contributed by atoms with van der Waals surface area (Å²) in [5, 5.41) is 3.70. The molecule has 2 aromatic rings. The highest BCUT2D eigenvalue weighted by atomic mass is 35.5. The largest absolute Gasteiger partial charge is 0.381 e. The van der Waals surface area contributed by atoms with Crippen molar-refractivity contribution in [1.29, 1.82) is 0 Å². The Hall–Kier alpha value is -2.37. The molecule has 0 spiro atoms. The van der Waals surface area contributed by atoms with Crippen LogP contribution >= 0.6 is 11.6 Å². The molecule has 2 aliphatic heterocycles. The maximum atomic E-state index is 13.3. The fraction of sp³-hybridized carbons (Fsp3) is 0.364. The molecule has 2 amide bonds. The van der Waals surface area contributed by atoms with Gasteiger partial charge in [-0.05, 0) is 49.1 Å². The fourth-order valence-corrected chi connectivity index (χ4v) is 4.29. The summed E-state index contributed by atoms with van der Waals surface area (Å²) in [6, 6.07) is 14.0. The van der Waals surface area contributed by atoms with Crippen LogP contribution in [0.3, 0.4) is 0 Å². The van der Waals surface area contributed by atoms with Crippen LogP contribution in [0.4, 0.5) is 0 Å². The molecule has 6 heteroatoms. The summed E-state index contributed by atoms with van der Waals surface area (Å²) in [4.78, 5) is 28.2. The van der Waals surface area contributed by atoms with Crippen molar-refractivity contribution < 1.29 is 14.3 Å². The van der Waals surface area contributed by atoms with E-state index in [1.807, 2.05) is 43.3 Å². The third-order valence-corrected chi connectivity index (χ3v) is 5.77. The van der Waals surface area contributed by atoms with Crippen LogP contribution in [0.15, 0.2) is 48.5 Å². The average molecular weight is 399 g/mol. The molecule has 1 saturated heterocycles. The van der Waals surface area contributed by atoms with E-state index in [9.17, 15) is 9.59 Å². The van der Waals surface area contributed by atoms with E-state index in [0.717, 1.165) is 24.0 Å². The molecule has 0 aliphatic carbocycles. The number of carbonyl (C=O) groups excluding carboxylic acids is 2. The molecule has 2 aromatic carbocycles. The van der Waals surface area contributed by atoms with Crippen molar-refractivity contribution in [2.75, 3.05) is 13.2 Å². The molecule has 2 aliphatic rings. The lowest BCUT2D eigenvalue weighted by Gasteiger charge is -2.35. The lowest BCUT2D eigenvalue weighted by atomic mass is 10.0. The second-order valence-electron chi connectivity index (χ2n) is 7.33. The summed E-state index contributed by atoms with van der Waals surface area (Å²) >= 11 is 6.09. The Morgan fingerprint density at radius 3 is 2.68 bits per heavy atom. The molecule has 2 atom stereocenters. The van der Waals surface area contributed by atoms with Crippen molar-refractivity contribution in [2.45, 2.75) is 37.9 Å². The minimum atomic E-state index is -0.617. The number of ether oxygens (including phenoxy) is 1. The van der Waals surface area contributed by atoms with E-state index < -0.39 is 6.04 Å². The molecule has 1 fully saturated rings. The molecule has 4 rings (SSSR count). The lowest BCUT2D eigenvalue weighted by Crippen LogP contribution is -2.47. The molecule has 146 valence electrons. The van der Waals surface area contributed by atoms with Crippen molar-refractivity contribution in [3.8, 4) is 0 Å². The van der Waals surface area contributed by atoms with Gasteiger partial charge in [-0.3, -0.25) is 9.59 Å². The average Bonchev–Trinajstić information content (AvgIpc) is 3.01. The van der Waals surface area contributed by atoms with Crippen molar-refractivity contribution in [3.63, 3.8) is 0 Å². The van der Waals surface area contributed by atoms with Crippen molar-refractivity contribution in [3.05, 3.63) is 70.2 Å². The van der Waals surface area contributed by atoms with Gasteiger partial charge >= 0.3 is 0 Å². The van der Waals surface area contributed by atoms with Gasteiger partial charge in [0.1, 0.15) is 6.04 Å². The van der Waals surface area contributed by atoms with Crippen LogP contribution in [0, 0.1) is 0 Å². The van der Waals surface area contributed by atoms with Crippen molar-refractivity contribution in [1.82, 2.24) is 10.2 Å². The van der Waals surface area contributed by atoms with Crippen LogP contribution < -0.4 is 5.32 Å². The first kappa shape index (κ1) is 19.0. The molecule has 28 heavy (non-hydrogen) atoms. The number of carbonyl (C=O) groups is 2. The third-order valence-electron chi connectivity index (χ3n) is 5.54. The molecule has 2 unspecified atom stereocenters. The minimum absolute atomic E-state index is 0.00544. The standard InChI is InChI=1S/C22H23ClN2O3/c1-14(15-5-4-6-16(23)13-15)24-21(26)20-18-7-2-3-8-19(18)22(27)25(20)17-9-11-28-12-10-17/h2-8,13-14,17,20H,9-12H2,1H3,(H,24,26). The summed E-state index contributed by atoms with van der Waals surface area (Å²) in [5.74, 6) is -0.240. The molecule has 1 N–H and O–H groups in total. The Labute approximate surface area is 169 Å². The van der Waals surface area contributed by atoms with E-state index in [4.69, 9.17) is 16.3 Å². The molecular formula is C22H23ClN2O3. The van der Waals surface area contributed by atoms with Crippen LogP contribution in [0.25, 0.3) is 0 Å². The topological polar surface area (TPSA) is 58.6 Å². The Bertz CT molecular complexity index is 895. The van der Waals surface area contributed by atoms with Crippen molar-refractivity contribution in [2.24, 2.45) is 0 Å². The molecule has 2 heterocycles. The van der Waals surface area contributed by atoms with Gasteiger partial charge in [0.15, 0.2) is 0 Å². The fourth-order valence-electron chi connectivity index (χ4n) is 4.10. The van der Waals surface area contributed by atoms with Crippen LogP contribution in [0.1, 0.15) is 53.3 Å². The first-order valence-corrected chi connectivity index (χ1v) is 9.99. The first-order valence-electron chi connectivity index (χ1n) is 9.61. The maximum Gasteiger partial charge on any atom is 0.255 e. The number of rotatable bonds is 4. The summed E-state index contributed by atoms with van der Waals surface area (Å²) in [5.41, 5.74) is 2.32. The van der Waals surface area contributed by atoms with Gasteiger partial charge in [-0.2, -0.15) is 0 Å². The van der Waals surface area contributed by atoms with Gasteiger partial charge in [0, 0.05) is 29.8 Å². The number of hydrogen-bond acceptors (Lipinski definition) is 3. The van der Waals surface area contributed by atoms with Gasteiger partial charge in [0.2, 0.25) is 5.91 Å². The zero-order valence-corrected chi connectivity index (χ0v) is 16.5. The van der Waals surface area contributed by atoms with E-state index >= 15 is 0 Å². The van der Waals surface area contributed by atoms with Gasteiger partial charge in [-0.1, -0.05) is 41.9 Å². The molecule has 0 saturated carbocycles. The Balaban J connectivity index is 1.62. The second kappa shape index (κ2) is 7.94. The monoisotopic (exact) mass is 398 g/mol. The number of halogens is 1. The van der Waals surface area contributed by atoms with Gasteiger partial charge in [-0.15, -0.1) is 0 Å². The Kier molecular flexibility index (Phi) is 5.38. The summed E-state index contributed by atoms with van der Waals surface area (Å²) < 4.78 is 5.45. The zero-order chi connectivity index (χ0) is 19.7. The molecule has 0 aromatic heterocycles. The minimum Gasteiger partial charge on any atom is -0.381 e. The normalized spacial score (nSPS) is 20.7. The van der Waals surface area contributed by atoms with Gasteiger partial charge < -0.3 is 15.0 Å². The summed E-state index contributed by atoms with van der Waals surface area (Å²) in [6.45, 7) is 3.14. The SMILES string of the molecule is CC(NC(=O)C1c2ccccc2C(=O)N1C1CCOCC1)c1cccc(Cl)c1. The Morgan fingerprint density at radius 2 is 1.93 bits per heavy atom. The van der Waals surface area contributed by atoms with Gasteiger partial charge in [-0.25, -0.2) is 0 Å². The predicted molar refractivity (Wildman–Crippen MR) is 107 cm³/mol. The van der Waals surface area contributed by atoms with E-state index in [-0.39, 0.29) is 23.9 Å². The first-order chi connectivity index (χ1) is 13.6. The van der Waals surface area contributed by atoms with E-state index in [1.165, 1.54) is 0 Å². The van der Waals surface area contributed by atoms with Gasteiger partial charge in [0.25, 0.3) is 5.91 Å². The zero-order valence-electron chi connectivity index (χ0n) is 15.7. The maximum absolute atomic E-state index is 13.3. The summed E-state index contributed by atoms with van der Waals surface area (Å²) in [6.07, 6.45) is 1.49. The predicted octanol–water partition coefficient (Wildman–Crippen LogP) is 3.89. The van der Waals surface area contributed by atoms with Crippen molar-refractivity contribution >= 4 is 23.4 Å². The number of benzene rings is 2. The highest BCUT2D eigenvalue weighted by Crippen LogP contribution is 2.38. The smallest absolute Gasteiger partial charge is 0.255 e. The molecular weight excluding hydrogens is 376 g/mol. The van der Waals surface area contributed by atoms with Gasteiger partial charge in [0.05, 0.1) is 6.04 Å². The number of fused-ring (bicyclic) bond motifs is 1. The summed E-state index contributed by atoms with van der Waals surface area (Å²) in [7, 11) is 0. The third kappa shape index (κ3) is 3.52. The molecule has 0 bridgehead atoms. The van der Waals surface area contributed by atoms with E-state index in [2.05, 4.69) is 5.32 Å². The quantitative estimate of drug-likeness (QED) is 0.849. The number of amides is 2. The molecule has 5 nitrogen and oxygen atoms in total. The number of hydrogen-bond donors (Lipinski definition) is 1. The number of nitrogens with zero attached hydrogens (tertiary/aromatic N) is 1. The highest BCUT2D eigenvalue weighted by molar-refractivity contribution is 6.30. The van der Waals surface area contributed by atoms with Crippen LogP contribution in [-0.4, -0.2) is 36.0 Å². The second-order valence-corrected chi connectivity index (χ2v) is 7.77.